The molecule has 1 aliphatic heterocycles. The standard InChI is InChI=1S/C11H15N3O3/c15-11(16)9-10(7-3-5-17-6-4-7)14(13-12-9)8-1-2-8/h7-8H,1-6H2,(H,15,16). The van der Waals surface area contributed by atoms with Crippen LogP contribution < -0.4 is 0 Å². The summed E-state index contributed by atoms with van der Waals surface area (Å²) in [6.45, 7) is 1.39. The van der Waals surface area contributed by atoms with Crippen molar-refractivity contribution in [2.75, 3.05) is 13.2 Å². The van der Waals surface area contributed by atoms with Gasteiger partial charge in [-0.1, -0.05) is 5.21 Å². The minimum atomic E-state index is -0.974. The molecule has 3 rings (SSSR count). The van der Waals surface area contributed by atoms with Crippen molar-refractivity contribution in [1.82, 2.24) is 15.0 Å². The van der Waals surface area contributed by atoms with Crippen LogP contribution in [0.15, 0.2) is 0 Å². The topological polar surface area (TPSA) is 77.2 Å². The Kier molecular flexibility index (Phi) is 2.58. The fourth-order valence-electron chi connectivity index (χ4n) is 2.39. The minimum absolute atomic E-state index is 0.129. The zero-order valence-electron chi connectivity index (χ0n) is 9.50. The van der Waals surface area contributed by atoms with Gasteiger partial charge in [0.25, 0.3) is 0 Å². The van der Waals surface area contributed by atoms with Gasteiger partial charge >= 0.3 is 5.97 Å². The molecular weight excluding hydrogens is 222 g/mol. The lowest BCUT2D eigenvalue weighted by atomic mass is 9.94. The van der Waals surface area contributed by atoms with Crippen molar-refractivity contribution in [3.8, 4) is 0 Å². The number of ether oxygens (including phenoxy) is 1. The van der Waals surface area contributed by atoms with Crippen LogP contribution in [0.2, 0.25) is 0 Å². The number of nitrogens with zero attached hydrogens (tertiary/aromatic N) is 3. The third-order valence-electron chi connectivity index (χ3n) is 3.43. The number of hydrogen-bond acceptors (Lipinski definition) is 4. The number of carboxylic acid groups (broad SMARTS) is 1. The molecular formula is C11H15N3O3. The second-order valence-corrected chi connectivity index (χ2v) is 4.69. The van der Waals surface area contributed by atoms with Crippen LogP contribution in [0.3, 0.4) is 0 Å². The van der Waals surface area contributed by atoms with Gasteiger partial charge in [0.15, 0.2) is 5.69 Å². The Morgan fingerprint density at radius 1 is 1.29 bits per heavy atom. The Labute approximate surface area is 98.6 Å². The van der Waals surface area contributed by atoms with E-state index >= 15 is 0 Å². The lowest BCUT2D eigenvalue weighted by Crippen LogP contribution is -2.19. The molecule has 1 saturated carbocycles. The molecule has 0 atom stereocenters. The van der Waals surface area contributed by atoms with Crippen LogP contribution >= 0.6 is 0 Å². The molecule has 1 N–H and O–H groups in total. The smallest absolute Gasteiger partial charge is 0.358 e. The van der Waals surface area contributed by atoms with Gasteiger partial charge in [0.1, 0.15) is 0 Å². The quantitative estimate of drug-likeness (QED) is 0.854. The van der Waals surface area contributed by atoms with Crippen molar-refractivity contribution in [1.29, 1.82) is 0 Å². The van der Waals surface area contributed by atoms with E-state index in [0.29, 0.717) is 19.3 Å². The van der Waals surface area contributed by atoms with Crippen molar-refractivity contribution < 1.29 is 14.6 Å². The van der Waals surface area contributed by atoms with Gasteiger partial charge in [0.2, 0.25) is 0 Å². The van der Waals surface area contributed by atoms with Crippen LogP contribution in [0.1, 0.15) is 53.8 Å². The van der Waals surface area contributed by atoms with Gasteiger partial charge in [-0.15, -0.1) is 5.10 Å². The van der Waals surface area contributed by atoms with E-state index in [1.165, 1.54) is 0 Å². The maximum absolute atomic E-state index is 11.2. The highest BCUT2D eigenvalue weighted by atomic mass is 16.5. The van der Waals surface area contributed by atoms with E-state index in [1.54, 1.807) is 0 Å². The first-order chi connectivity index (χ1) is 8.27. The molecule has 2 heterocycles. The van der Waals surface area contributed by atoms with Crippen molar-refractivity contribution in [2.45, 2.75) is 37.6 Å². The number of hydrogen-bond donors (Lipinski definition) is 1. The van der Waals surface area contributed by atoms with Crippen LogP contribution in [0.5, 0.6) is 0 Å². The van der Waals surface area contributed by atoms with Crippen LogP contribution in [0.25, 0.3) is 0 Å². The average Bonchev–Trinajstić information content (AvgIpc) is 3.08. The van der Waals surface area contributed by atoms with Crippen molar-refractivity contribution >= 4 is 5.97 Å². The van der Waals surface area contributed by atoms with Gasteiger partial charge in [-0.3, -0.25) is 0 Å². The summed E-state index contributed by atoms with van der Waals surface area (Å²) in [6.07, 6.45) is 3.89. The Balaban J connectivity index is 1.97. The molecule has 0 amide bonds. The second-order valence-electron chi connectivity index (χ2n) is 4.69. The van der Waals surface area contributed by atoms with E-state index in [0.717, 1.165) is 31.4 Å². The molecule has 0 aromatic carbocycles. The summed E-state index contributed by atoms with van der Waals surface area (Å²) < 4.78 is 7.15. The van der Waals surface area contributed by atoms with E-state index in [-0.39, 0.29) is 11.6 Å². The lowest BCUT2D eigenvalue weighted by Gasteiger charge is -2.22. The van der Waals surface area contributed by atoms with E-state index in [4.69, 9.17) is 9.84 Å². The number of rotatable bonds is 3. The molecule has 1 saturated heterocycles. The van der Waals surface area contributed by atoms with E-state index in [2.05, 4.69) is 10.3 Å². The minimum Gasteiger partial charge on any atom is -0.476 e. The zero-order valence-corrected chi connectivity index (χ0v) is 9.50. The third kappa shape index (κ3) is 1.93. The summed E-state index contributed by atoms with van der Waals surface area (Å²) in [5.41, 5.74) is 0.937. The molecule has 2 aliphatic rings. The molecule has 0 radical (unpaired) electrons. The summed E-state index contributed by atoms with van der Waals surface area (Å²) in [7, 11) is 0. The van der Waals surface area contributed by atoms with Gasteiger partial charge < -0.3 is 9.84 Å². The summed E-state index contributed by atoms with van der Waals surface area (Å²) in [5, 5.41) is 17.0. The van der Waals surface area contributed by atoms with Crippen LogP contribution in [0.4, 0.5) is 0 Å². The molecule has 1 aromatic heterocycles. The largest absolute Gasteiger partial charge is 0.476 e. The number of aromatic nitrogens is 3. The lowest BCUT2D eigenvalue weighted by molar-refractivity contribution is 0.0677. The van der Waals surface area contributed by atoms with Crippen LogP contribution in [-0.2, 0) is 4.74 Å². The average molecular weight is 237 g/mol. The van der Waals surface area contributed by atoms with Gasteiger partial charge in [-0.25, -0.2) is 9.48 Å². The number of carbonyl (C=O) groups is 1. The van der Waals surface area contributed by atoms with E-state index < -0.39 is 5.97 Å². The first-order valence-corrected chi connectivity index (χ1v) is 6.03. The van der Waals surface area contributed by atoms with Gasteiger partial charge in [-0.05, 0) is 25.7 Å². The molecule has 92 valence electrons. The number of aromatic carboxylic acids is 1. The predicted octanol–water partition coefficient (Wildman–Crippen LogP) is 1.21. The van der Waals surface area contributed by atoms with Gasteiger partial charge in [-0.2, -0.15) is 0 Å². The monoisotopic (exact) mass is 237 g/mol. The summed E-state index contributed by atoms with van der Waals surface area (Å²) in [4.78, 5) is 11.2. The maximum Gasteiger partial charge on any atom is 0.358 e. The Morgan fingerprint density at radius 3 is 2.59 bits per heavy atom. The van der Waals surface area contributed by atoms with Crippen molar-refractivity contribution in [2.24, 2.45) is 0 Å². The van der Waals surface area contributed by atoms with Crippen molar-refractivity contribution in [3.63, 3.8) is 0 Å². The van der Waals surface area contributed by atoms with Crippen LogP contribution in [-0.4, -0.2) is 39.3 Å². The highest BCUT2D eigenvalue weighted by molar-refractivity contribution is 5.86. The van der Waals surface area contributed by atoms with E-state index in [1.807, 2.05) is 4.68 Å². The fourth-order valence-corrected chi connectivity index (χ4v) is 2.39. The SMILES string of the molecule is O=C(O)c1nnn(C2CC2)c1C1CCOCC1. The Bertz CT molecular complexity index is 433. The molecule has 0 bridgehead atoms. The van der Waals surface area contributed by atoms with Crippen LogP contribution in [0, 0.1) is 0 Å². The molecule has 17 heavy (non-hydrogen) atoms. The van der Waals surface area contributed by atoms with Gasteiger partial charge in [0.05, 0.1) is 11.7 Å². The first kappa shape index (κ1) is 10.7. The molecule has 2 fully saturated rings. The second kappa shape index (κ2) is 4.10. The molecule has 0 unspecified atom stereocenters. The third-order valence-corrected chi connectivity index (χ3v) is 3.43. The summed E-state index contributed by atoms with van der Waals surface area (Å²) in [6, 6.07) is 0.369. The molecule has 0 spiro atoms. The van der Waals surface area contributed by atoms with Gasteiger partial charge in [0, 0.05) is 19.1 Å². The number of carboxylic acids is 1. The summed E-state index contributed by atoms with van der Waals surface area (Å²) in [5.74, 6) is -0.746. The highest BCUT2D eigenvalue weighted by Gasteiger charge is 2.34. The zero-order chi connectivity index (χ0) is 11.8. The highest BCUT2D eigenvalue weighted by Crippen LogP contribution is 2.39. The maximum atomic E-state index is 11.2. The Hall–Kier alpha value is -1.43. The van der Waals surface area contributed by atoms with Crippen molar-refractivity contribution in [3.05, 3.63) is 11.4 Å². The molecule has 6 heteroatoms. The fraction of sp³-hybridized carbons (Fsp3) is 0.727. The van der Waals surface area contributed by atoms with E-state index in [9.17, 15) is 4.79 Å². The Morgan fingerprint density at radius 2 is 2.00 bits per heavy atom. The normalized spacial score (nSPS) is 21.6. The summed E-state index contributed by atoms with van der Waals surface area (Å²) >= 11 is 0. The predicted molar refractivity (Wildman–Crippen MR) is 58.0 cm³/mol. The first-order valence-electron chi connectivity index (χ1n) is 6.03. The molecule has 1 aromatic rings. The molecule has 6 nitrogen and oxygen atoms in total. The molecule has 1 aliphatic carbocycles.